The van der Waals surface area contributed by atoms with Gasteiger partial charge in [0.15, 0.2) is 0 Å². The Morgan fingerprint density at radius 2 is 1.82 bits per heavy atom. The average molecular weight is 295 g/mol. The Hall–Kier alpha value is -2.17. The molecule has 4 nitrogen and oxygen atoms in total. The van der Waals surface area contributed by atoms with Crippen molar-refractivity contribution in [2.24, 2.45) is 0 Å². The lowest BCUT2D eigenvalue weighted by atomic mass is 10.0. The zero-order valence-electron chi connectivity index (χ0n) is 12.4. The van der Waals surface area contributed by atoms with Crippen LogP contribution < -0.4 is 4.90 Å². The van der Waals surface area contributed by atoms with Crippen LogP contribution in [0.5, 0.6) is 0 Å². The SMILES string of the molecule is Cc1ccc2c(c1)C1(OCCO1)C(=O)N2Cc1ccccc1. The third-order valence-electron chi connectivity index (χ3n) is 4.20. The van der Waals surface area contributed by atoms with Gasteiger partial charge in [0.25, 0.3) is 11.7 Å². The molecular formula is C18H17NO3. The van der Waals surface area contributed by atoms with Crippen LogP contribution in [-0.2, 0) is 26.6 Å². The second-order valence-electron chi connectivity index (χ2n) is 5.71. The van der Waals surface area contributed by atoms with Crippen molar-refractivity contribution in [3.8, 4) is 0 Å². The molecule has 0 radical (unpaired) electrons. The number of aryl methyl sites for hydroxylation is 1. The highest BCUT2D eigenvalue weighted by atomic mass is 16.7. The first-order valence-corrected chi connectivity index (χ1v) is 7.46. The summed E-state index contributed by atoms with van der Waals surface area (Å²) in [6.07, 6.45) is 0. The lowest BCUT2D eigenvalue weighted by Crippen LogP contribution is -2.40. The standard InChI is InChI=1S/C18H17NO3/c1-13-7-8-16-15(11-13)18(21-9-10-22-18)17(20)19(16)12-14-5-3-2-4-6-14/h2-8,11H,9-10,12H2,1H3. The molecule has 1 saturated heterocycles. The highest BCUT2D eigenvalue weighted by Crippen LogP contribution is 2.46. The normalized spacial score (nSPS) is 19.0. The van der Waals surface area contributed by atoms with E-state index in [-0.39, 0.29) is 5.91 Å². The number of hydrogen-bond donors (Lipinski definition) is 0. The van der Waals surface area contributed by atoms with E-state index in [1.807, 2.05) is 55.5 Å². The minimum atomic E-state index is -1.24. The third kappa shape index (κ3) is 1.88. The fourth-order valence-corrected chi connectivity index (χ4v) is 3.17. The van der Waals surface area contributed by atoms with Crippen LogP contribution in [0.2, 0.25) is 0 Å². The topological polar surface area (TPSA) is 38.8 Å². The van der Waals surface area contributed by atoms with Crippen LogP contribution in [0.4, 0.5) is 5.69 Å². The summed E-state index contributed by atoms with van der Waals surface area (Å²) in [5, 5.41) is 0. The number of rotatable bonds is 2. The summed E-state index contributed by atoms with van der Waals surface area (Å²) in [5.74, 6) is -1.37. The van der Waals surface area contributed by atoms with Gasteiger partial charge in [-0.05, 0) is 24.6 Å². The van der Waals surface area contributed by atoms with E-state index in [0.29, 0.717) is 19.8 Å². The number of carbonyl (C=O) groups excluding carboxylic acids is 1. The Morgan fingerprint density at radius 3 is 2.55 bits per heavy atom. The Kier molecular flexibility index (Phi) is 3.03. The van der Waals surface area contributed by atoms with Gasteiger partial charge in [-0.15, -0.1) is 0 Å². The Bertz CT molecular complexity index is 720. The summed E-state index contributed by atoms with van der Waals surface area (Å²) < 4.78 is 11.5. The summed E-state index contributed by atoms with van der Waals surface area (Å²) in [5.41, 5.74) is 3.87. The number of ether oxygens (including phenoxy) is 2. The molecule has 112 valence electrons. The average Bonchev–Trinajstić information content (AvgIpc) is 3.10. The van der Waals surface area contributed by atoms with E-state index in [9.17, 15) is 4.79 Å². The zero-order valence-corrected chi connectivity index (χ0v) is 12.4. The maximum absolute atomic E-state index is 13.0. The van der Waals surface area contributed by atoms with Crippen molar-refractivity contribution in [1.29, 1.82) is 0 Å². The smallest absolute Gasteiger partial charge is 0.292 e. The first-order chi connectivity index (χ1) is 10.7. The van der Waals surface area contributed by atoms with E-state index in [1.165, 1.54) is 0 Å². The van der Waals surface area contributed by atoms with Crippen LogP contribution in [0.1, 0.15) is 16.7 Å². The molecule has 0 unspecified atom stereocenters. The number of amides is 1. The molecule has 0 aromatic heterocycles. The number of nitrogens with zero attached hydrogens (tertiary/aromatic N) is 1. The van der Waals surface area contributed by atoms with Crippen LogP contribution in [0, 0.1) is 6.92 Å². The molecule has 2 heterocycles. The van der Waals surface area contributed by atoms with E-state index in [1.54, 1.807) is 4.90 Å². The van der Waals surface area contributed by atoms with Gasteiger partial charge in [-0.1, -0.05) is 42.0 Å². The van der Waals surface area contributed by atoms with Gasteiger partial charge in [-0.25, -0.2) is 0 Å². The van der Waals surface area contributed by atoms with E-state index < -0.39 is 5.79 Å². The van der Waals surface area contributed by atoms with Crippen molar-refractivity contribution < 1.29 is 14.3 Å². The van der Waals surface area contributed by atoms with Gasteiger partial charge in [0.05, 0.1) is 25.4 Å². The first-order valence-electron chi connectivity index (χ1n) is 7.46. The van der Waals surface area contributed by atoms with E-state index in [0.717, 1.165) is 22.4 Å². The molecule has 0 aliphatic carbocycles. The van der Waals surface area contributed by atoms with Crippen molar-refractivity contribution >= 4 is 11.6 Å². The van der Waals surface area contributed by atoms with Crippen LogP contribution in [-0.4, -0.2) is 19.1 Å². The number of benzene rings is 2. The van der Waals surface area contributed by atoms with Crippen LogP contribution in [0.15, 0.2) is 48.5 Å². The Morgan fingerprint density at radius 1 is 1.09 bits per heavy atom. The highest BCUT2D eigenvalue weighted by Gasteiger charge is 2.55. The fourth-order valence-electron chi connectivity index (χ4n) is 3.17. The molecule has 2 aromatic carbocycles. The summed E-state index contributed by atoms with van der Waals surface area (Å²) in [4.78, 5) is 14.7. The molecule has 1 fully saturated rings. The molecule has 1 spiro atoms. The van der Waals surface area contributed by atoms with Gasteiger partial charge in [0.2, 0.25) is 0 Å². The molecule has 4 heteroatoms. The van der Waals surface area contributed by atoms with E-state index >= 15 is 0 Å². The van der Waals surface area contributed by atoms with Gasteiger partial charge < -0.3 is 14.4 Å². The molecule has 2 aromatic rings. The number of carbonyl (C=O) groups is 1. The molecule has 1 amide bonds. The van der Waals surface area contributed by atoms with Gasteiger partial charge in [0, 0.05) is 5.56 Å². The van der Waals surface area contributed by atoms with Crippen molar-refractivity contribution in [1.82, 2.24) is 0 Å². The van der Waals surface area contributed by atoms with Gasteiger partial charge >= 0.3 is 0 Å². The van der Waals surface area contributed by atoms with Crippen molar-refractivity contribution in [3.05, 3.63) is 65.2 Å². The maximum atomic E-state index is 13.0. The summed E-state index contributed by atoms with van der Waals surface area (Å²) in [6.45, 7) is 3.41. The summed E-state index contributed by atoms with van der Waals surface area (Å²) in [6, 6.07) is 15.9. The van der Waals surface area contributed by atoms with Crippen molar-refractivity contribution in [2.75, 3.05) is 18.1 Å². The van der Waals surface area contributed by atoms with Gasteiger partial charge in [-0.2, -0.15) is 0 Å². The monoisotopic (exact) mass is 295 g/mol. The minimum absolute atomic E-state index is 0.130. The second-order valence-corrected chi connectivity index (χ2v) is 5.71. The van der Waals surface area contributed by atoms with E-state index in [2.05, 4.69) is 0 Å². The number of anilines is 1. The molecule has 0 N–H and O–H groups in total. The quantitative estimate of drug-likeness (QED) is 0.855. The lowest BCUT2D eigenvalue weighted by Gasteiger charge is -2.22. The van der Waals surface area contributed by atoms with E-state index in [4.69, 9.17) is 9.47 Å². The summed E-state index contributed by atoms with van der Waals surface area (Å²) >= 11 is 0. The van der Waals surface area contributed by atoms with Crippen molar-refractivity contribution in [2.45, 2.75) is 19.3 Å². The molecule has 0 bridgehead atoms. The number of hydrogen-bond acceptors (Lipinski definition) is 3. The molecule has 0 saturated carbocycles. The third-order valence-corrected chi connectivity index (χ3v) is 4.20. The summed E-state index contributed by atoms with van der Waals surface area (Å²) in [7, 11) is 0. The second kappa shape index (κ2) is 4.93. The minimum Gasteiger partial charge on any atom is -0.336 e. The maximum Gasteiger partial charge on any atom is 0.292 e. The zero-order chi connectivity index (χ0) is 15.2. The molecule has 0 atom stereocenters. The van der Waals surface area contributed by atoms with Gasteiger partial charge in [0.1, 0.15) is 0 Å². The predicted octanol–water partition coefficient (Wildman–Crippen LogP) is 2.74. The molecule has 22 heavy (non-hydrogen) atoms. The molecular weight excluding hydrogens is 278 g/mol. The lowest BCUT2D eigenvalue weighted by molar-refractivity contribution is -0.180. The van der Waals surface area contributed by atoms with Crippen molar-refractivity contribution in [3.63, 3.8) is 0 Å². The molecule has 2 aliphatic rings. The molecule has 2 aliphatic heterocycles. The Balaban J connectivity index is 1.79. The Labute approximate surface area is 129 Å². The van der Waals surface area contributed by atoms with Crippen LogP contribution in [0.3, 0.4) is 0 Å². The number of fused-ring (bicyclic) bond motifs is 2. The van der Waals surface area contributed by atoms with Gasteiger partial charge in [-0.3, -0.25) is 4.79 Å². The highest BCUT2D eigenvalue weighted by molar-refractivity contribution is 6.06. The fraction of sp³-hybridized carbons (Fsp3) is 0.278. The predicted molar refractivity (Wildman–Crippen MR) is 82.4 cm³/mol. The van der Waals surface area contributed by atoms with Crippen LogP contribution in [0.25, 0.3) is 0 Å². The largest absolute Gasteiger partial charge is 0.336 e. The molecule has 4 rings (SSSR count). The first kappa shape index (κ1) is 13.5. The van der Waals surface area contributed by atoms with Crippen LogP contribution >= 0.6 is 0 Å².